The molecule has 2 aromatic rings. The highest BCUT2D eigenvalue weighted by molar-refractivity contribution is 7.16. The Balaban J connectivity index is 1.78. The Labute approximate surface area is 104 Å². The summed E-state index contributed by atoms with van der Waals surface area (Å²) in [4.78, 5) is 0.950. The fourth-order valence-corrected chi connectivity index (χ4v) is 2.99. The molecule has 0 bridgehead atoms. The van der Waals surface area contributed by atoms with Gasteiger partial charge in [-0.05, 0) is 32.9 Å². The maximum atomic E-state index is 4.63. The second-order valence-electron chi connectivity index (χ2n) is 4.58. The van der Waals surface area contributed by atoms with Crippen molar-refractivity contribution in [3.8, 4) is 0 Å². The Kier molecular flexibility index (Phi) is 3.07. The number of fused-ring (bicyclic) bond motifs is 1. The van der Waals surface area contributed by atoms with Crippen LogP contribution >= 0.6 is 11.3 Å². The van der Waals surface area contributed by atoms with Crippen LogP contribution in [0.4, 0.5) is 0 Å². The van der Waals surface area contributed by atoms with Gasteiger partial charge in [-0.2, -0.15) is 9.61 Å². The van der Waals surface area contributed by atoms with Gasteiger partial charge < -0.3 is 5.32 Å². The molecule has 1 aliphatic carbocycles. The van der Waals surface area contributed by atoms with Gasteiger partial charge in [0.25, 0.3) is 0 Å². The SMILES string of the molecule is CNCCCc1nn2c(C3CCC3)nnc2s1. The molecular weight excluding hydrogens is 234 g/mol. The van der Waals surface area contributed by atoms with Crippen LogP contribution in [0.15, 0.2) is 0 Å². The second kappa shape index (κ2) is 4.70. The van der Waals surface area contributed by atoms with Crippen molar-refractivity contribution in [2.24, 2.45) is 0 Å². The Bertz CT molecular complexity index is 499. The summed E-state index contributed by atoms with van der Waals surface area (Å²) < 4.78 is 1.96. The van der Waals surface area contributed by atoms with Crippen molar-refractivity contribution in [3.05, 3.63) is 10.8 Å². The molecule has 17 heavy (non-hydrogen) atoms. The van der Waals surface area contributed by atoms with Crippen LogP contribution in [0.3, 0.4) is 0 Å². The lowest BCUT2D eigenvalue weighted by Gasteiger charge is -2.22. The zero-order valence-electron chi connectivity index (χ0n) is 10.0. The van der Waals surface area contributed by atoms with E-state index in [1.807, 2.05) is 11.6 Å². The Morgan fingerprint density at radius 1 is 1.41 bits per heavy atom. The maximum Gasteiger partial charge on any atom is 0.234 e. The van der Waals surface area contributed by atoms with Crippen LogP contribution < -0.4 is 5.32 Å². The normalized spacial score (nSPS) is 16.5. The molecule has 1 N–H and O–H groups in total. The van der Waals surface area contributed by atoms with Crippen molar-refractivity contribution in [3.63, 3.8) is 0 Å². The monoisotopic (exact) mass is 251 g/mol. The van der Waals surface area contributed by atoms with E-state index in [1.54, 1.807) is 11.3 Å². The average molecular weight is 251 g/mol. The lowest BCUT2D eigenvalue weighted by Crippen LogP contribution is -2.13. The molecule has 0 aromatic carbocycles. The highest BCUT2D eigenvalue weighted by atomic mass is 32.1. The highest BCUT2D eigenvalue weighted by Gasteiger charge is 2.26. The van der Waals surface area contributed by atoms with Gasteiger partial charge >= 0.3 is 0 Å². The van der Waals surface area contributed by atoms with E-state index in [0.717, 1.165) is 30.2 Å². The van der Waals surface area contributed by atoms with E-state index < -0.39 is 0 Å². The molecular formula is C11H17N5S. The van der Waals surface area contributed by atoms with Gasteiger partial charge in [-0.25, -0.2) is 0 Å². The minimum atomic E-state index is 0.595. The molecule has 2 aromatic heterocycles. The molecule has 6 heteroatoms. The summed E-state index contributed by atoms with van der Waals surface area (Å²) in [5, 5.41) is 17.4. The van der Waals surface area contributed by atoms with Crippen molar-refractivity contribution in [1.29, 1.82) is 0 Å². The van der Waals surface area contributed by atoms with Gasteiger partial charge in [0.15, 0.2) is 5.82 Å². The van der Waals surface area contributed by atoms with Crippen molar-refractivity contribution in [2.45, 2.75) is 38.0 Å². The summed E-state index contributed by atoms with van der Waals surface area (Å²) in [5.41, 5.74) is 0. The molecule has 1 fully saturated rings. The van der Waals surface area contributed by atoms with E-state index in [-0.39, 0.29) is 0 Å². The predicted molar refractivity (Wildman–Crippen MR) is 67.5 cm³/mol. The van der Waals surface area contributed by atoms with E-state index in [2.05, 4.69) is 20.6 Å². The summed E-state index contributed by atoms with van der Waals surface area (Å²) in [7, 11) is 1.98. The summed E-state index contributed by atoms with van der Waals surface area (Å²) in [6, 6.07) is 0. The maximum absolute atomic E-state index is 4.63. The van der Waals surface area contributed by atoms with Gasteiger partial charge in [0, 0.05) is 12.3 Å². The number of rotatable bonds is 5. The van der Waals surface area contributed by atoms with Crippen LogP contribution in [0.2, 0.25) is 0 Å². The first kappa shape index (κ1) is 11.1. The third-order valence-electron chi connectivity index (χ3n) is 3.34. The van der Waals surface area contributed by atoms with Crippen LogP contribution in [0.5, 0.6) is 0 Å². The third-order valence-corrected chi connectivity index (χ3v) is 4.30. The van der Waals surface area contributed by atoms with Crippen LogP contribution in [0, 0.1) is 0 Å². The number of nitrogens with zero attached hydrogens (tertiary/aromatic N) is 4. The van der Waals surface area contributed by atoms with E-state index in [4.69, 9.17) is 0 Å². The fourth-order valence-electron chi connectivity index (χ4n) is 2.11. The number of aryl methyl sites for hydroxylation is 1. The topological polar surface area (TPSA) is 55.1 Å². The van der Waals surface area contributed by atoms with E-state index >= 15 is 0 Å². The highest BCUT2D eigenvalue weighted by Crippen LogP contribution is 2.35. The lowest BCUT2D eigenvalue weighted by molar-refractivity contribution is 0.395. The van der Waals surface area contributed by atoms with Crippen LogP contribution in [-0.2, 0) is 6.42 Å². The molecule has 0 spiro atoms. The van der Waals surface area contributed by atoms with Gasteiger partial charge in [-0.15, -0.1) is 10.2 Å². The molecule has 0 unspecified atom stereocenters. The van der Waals surface area contributed by atoms with Gasteiger partial charge in [-0.1, -0.05) is 17.8 Å². The van der Waals surface area contributed by atoms with Crippen LogP contribution in [0.25, 0.3) is 4.96 Å². The van der Waals surface area contributed by atoms with Crippen molar-refractivity contribution in [1.82, 2.24) is 25.1 Å². The van der Waals surface area contributed by atoms with E-state index in [1.165, 1.54) is 24.3 Å². The molecule has 0 aliphatic heterocycles. The molecule has 3 rings (SSSR count). The molecule has 0 radical (unpaired) electrons. The molecule has 1 saturated carbocycles. The Hall–Kier alpha value is -1.01. The van der Waals surface area contributed by atoms with Gasteiger partial charge in [0.1, 0.15) is 5.01 Å². The van der Waals surface area contributed by atoms with Crippen LogP contribution in [0.1, 0.15) is 42.4 Å². The molecule has 0 atom stereocenters. The largest absolute Gasteiger partial charge is 0.320 e. The third kappa shape index (κ3) is 2.07. The first-order chi connectivity index (χ1) is 8.38. The molecule has 0 amide bonds. The van der Waals surface area contributed by atoms with Crippen molar-refractivity contribution in [2.75, 3.05) is 13.6 Å². The number of aromatic nitrogens is 4. The van der Waals surface area contributed by atoms with E-state index in [9.17, 15) is 0 Å². The van der Waals surface area contributed by atoms with Crippen LogP contribution in [-0.4, -0.2) is 33.4 Å². The van der Waals surface area contributed by atoms with Gasteiger partial charge in [0.05, 0.1) is 0 Å². The lowest BCUT2D eigenvalue weighted by atomic mass is 9.85. The average Bonchev–Trinajstić information content (AvgIpc) is 2.78. The molecule has 1 aliphatic rings. The standard InChI is InChI=1S/C11H17N5S/c1-12-7-3-6-9-15-16-10(8-4-2-5-8)13-14-11(16)17-9/h8,12H,2-7H2,1H3. The van der Waals surface area contributed by atoms with Crippen molar-refractivity contribution < 1.29 is 0 Å². The second-order valence-corrected chi connectivity index (χ2v) is 5.62. The zero-order valence-corrected chi connectivity index (χ0v) is 10.8. The first-order valence-corrected chi connectivity index (χ1v) is 7.06. The smallest absolute Gasteiger partial charge is 0.234 e. The summed E-state index contributed by atoms with van der Waals surface area (Å²) in [5.74, 6) is 1.67. The molecule has 92 valence electrons. The molecule has 0 saturated heterocycles. The molecule has 2 heterocycles. The number of nitrogens with one attached hydrogen (secondary N) is 1. The fraction of sp³-hybridized carbons (Fsp3) is 0.727. The van der Waals surface area contributed by atoms with Gasteiger partial charge in [0.2, 0.25) is 4.96 Å². The van der Waals surface area contributed by atoms with Gasteiger partial charge in [-0.3, -0.25) is 0 Å². The summed E-state index contributed by atoms with van der Waals surface area (Å²) >= 11 is 1.67. The summed E-state index contributed by atoms with van der Waals surface area (Å²) in [6.45, 7) is 1.04. The first-order valence-electron chi connectivity index (χ1n) is 6.24. The Morgan fingerprint density at radius 2 is 2.29 bits per heavy atom. The molecule has 5 nitrogen and oxygen atoms in total. The Morgan fingerprint density at radius 3 is 3.00 bits per heavy atom. The number of hydrogen-bond donors (Lipinski definition) is 1. The quantitative estimate of drug-likeness (QED) is 0.820. The number of hydrogen-bond acceptors (Lipinski definition) is 5. The van der Waals surface area contributed by atoms with E-state index in [0.29, 0.717) is 5.92 Å². The zero-order chi connectivity index (χ0) is 11.7. The summed E-state index contributed by atoms with van der Waals surface area (Å²) in [6.07, 6.45) is 5.96. The predicted octanol–water partition coefficient (Wildman–Crippen LogP) is 1.61. The minimum Gasteiger partial charge on any atom is -0.320 e. The van der Waals surface area contributed by atoms with Crippen molar-refractivity contribution >= 4 is 16.3 Å². The minimum absolute atomic E-state index is 0.595.